The number of fused-ring (bicyclic) bond motifs is 1. The van der Waals surface area contributed by atoms with Crippen LogP contribution in [0.5, 0.6) is 0 Å². The van der Waals surface area contributed by atoms with Crippen LogP contribution in [0.2, 0.25) is 0 Å². The number of benzene rings is 1. The molecule has 2 aromatic rings. The Morgan fingerprint density at radius 3 is 2.76 bits per heavy atom. The van der Waals surface area contributed by atoms with Gasteiger partial charge in [-0.3, -0.25) is 4.79 Å². The van der Waals surface area contributed by atoms with Crippen LogP contribution in [-0.4, -0.2) is 12.6 Å². The summed E-state index contributed by atoms with van der Waals surface area (Å²) >= 11 is 0. The maximum absolute atomic E-state index is 12.0. The van der Waals surface area contributed by atoms with Crippen molar-refractivity contribution >= 4 is 16.9 Å². The minimum absolute atomic E-state index is 0.0190. The van der Waals surface area contributed by atoms with Gasteiger partial charge in [0.1, 0.15) is 5.58 Å². The monoisotopic (exact) mass is 286 g/mol. The van der Waals surface area contributed by atoms with E-state index in [4.69, 9.17) is 9.15 Å². The molecule has 21 heavy (non-hydrogen) atoms. The van der Waals surface area contributed by atoms with Crippen LogP contribution in [0.4, 0.5) is 0 Å². The summed E-state index contributed by atoms with van der Waals surface area (Å²) in [6, 6.07) is 8.10. The maximum atomic E-state index is 12.0. The Balaban J connectivity index is 1.73. The lowest BCUT2D eigenvalue weighted by atomic mass is 9.90. The van der Waals surface area contributed by atoms with Crippen LogP contribution in [0.1, 0.15) is 42.7 Å². The van der Waals surface area contributed by atoms with Crippen LogP contribution in [0.3, 0.4) is 0 Å². The number of carbonyl (C=O) groups excluding carboxylic acids is 1. The third-order valence-corrected chi connectivity index (χ3v) is 4.01. The smallest absolute Gasteiger partial charge is 0.374 e. The molecular weight excluding hydrogens is 268 g/mol. The third-order valence-electron chi connectivity index (χ3n) is 4.01. The summed E-state index contributed by atoms with van der Waals surface area (Å²) < 4.78 is 10.8. The maximum Gasteiger partial charge on any atom is 0.374 e. The number of hydrogen-bond donors (Lipinski definition) is 0. The average molecular weight is 286 g/mol. The summed E-state index contributed by atoms with van der Waals surface area (Å²) in [5, 5.41) is 0.473. The molecule has 1 aromatic heterocycles. The van der Waals surface area contributed by atoms with Gasteiger partial charge in [0.15, 0.2) is 5.43 Å². The van der Waals surface area contributed by atoms with Crippen molar-refractivity contribution in [3.63, 3.8) is 0 Å². The second kappa shape index (κ2) is 6.12. The third kappa shape index (κ3) is 3.15. The van der Waals surface area contributed by atoms with Crippen molar-refractivity contribution in [3.05, 3.63) is 46.3 Å². The summed E-state index contributed by atoms with van der Waals surface area (Å²) in [6.45, 7) is 0.412. The van der Waals surface area contributed by atoms with Crippen LogP contribution in [0, 0.1) is 5.92 Å². The van der Waals surface area contributed by atoms with Crippen molar-refractivity contribution < 1.29 is 13.9 Å². The SMILES string of the molecule is O=C(OCC1CCCCC1)c1cc(=O)c2ccccc2o1. The molecule has 110 valence electrons. The van der Waals surface area contributed by atoms with Gasteiger partial charge in [-0.15, -0.1) is 0 Å². The lowest BCUT2D eigenvalue weighted by Crippen LogP contribution is -2.17. The first-order chi connectivity index (χ1) is 10.2. The predicted octanol–water partition coefficient (Wildman–Crippen LogP) is 3.53. The van der Waals surface area contributed by atoms with Crippen molar-refractivity contribution in [1.82, 2.24) is 0 Å². The van der Waals surface area contributed by atoms with Crippen LogP contribution >= 0.6 is 0 Å². The van der Waals surface area contributed by atoms with E-state index in [2.05, 4.69) is 0 Å². The highest BCUT2D eigenvalue weighted by molar-refractivity contribution is 5.88. The molecule has 1 fully saturated rings. The Hall–Kier alpha value is -2.10. The Kier molecular flexibility index (Phi) is 4.04. The first kappa shape index (κ1) is 13.9. The lowest BCUT2D eigenvalue weighted by Gasteiger charge is -2.20. The van der Waals surface area contributed by atoms with Crippen LogP contribution < -0.4 is 5.43 Å². The van der Waals surface area contributed by atoms with Gasteiger partial charge in [-0.2, -0.15) is 0 Å². The highest BCUT2D eigenvalue weighted by Crippen LogP contribution is 2.24. The molecule has 4 nitrogen and oxygen atoms in total. The molecule has 0 radical (unpaired) electrons. The largest absolute Gasteiger partial charge is 0.460 e. The van der Waals surface area contributed by atoms with E-state index in [0.29, 0.717) is 23.5 Å². The molecule has 0 spiro atoms. The molecule has 0 bridgehead atoms. The van der Waals surface area contributed by atoms with Gasteiger partial charge in [0.25, 0.3) is 0 Å². The fourth-order valence-corrected chi connectivity index (χ4v) is 2.82. The van der Waals surface area contributed by atoms with Crippen molar-refractivity contribution in [1.29, 1.82) is 0 Å². The predicted molar refractivity (Wildman–Crippen MR) is 79.3 cm³/mol. The standard InChI is InChI=1S/C17H18O4/c18-14-10-16(21-15-9-5-4-8-13(14)15)17(19)20-11-12-6-2-1-3-7-12/h4-5,8-10,12H,1-3,6-7,11H2. The van der Waals surface area contributed by atoms with Crippen molar-refractivity contribution in [3.8, 4) is 0 Å². The van der Waals surface area contributed by atoms with Crippen LogP contribution in [0.25, 0.3) is 11.0 Å². The summed E-state index contributed by atoms with van der Waals surface area (Å²) in [5.74, 6) is -0.132. The van der Waals surface area contributed by atoms with Gasteiger partial charge in [0, 0.05) is 6.07 Å². The molecule has 0 aliphatic heterocycles. The van der Waals surface area contributed by atoms with Crippen LogP contribution in [0.15, 0.2) is 39.5 Å². The number of ether oxygens (including phenoxy) is 1. The Morgan fingerprint density at radius 2 is 1.95 bits per heavy atom. The average Bonchev–Trinajstić information content (AvgIpc) is 2.53. The molecule has 0 saturated heterocycles. The molecule has 0 atom stereocenters. The van der Waals surface area contributed by atoms with Gasteiger partial charge in [-0.1, -0.05) is 31.4 Å². The molecule has 1 aliphatic carbocycles. The van der Waals surface area contributed by atoms with Gasteiger partial charge < -0.3 is 9.15 Å². The number of hydrogen-bond acceptors (Lipinski definition) is 4. The van der Waals surface area contributed by atoms with E-state index in [-0.39, 0.29) is 11.2 Å². The van der Waals surface area contributed by atoms with E-state index in [1.165, 1.54) is 25.3 Å². The number of rotatable bonds is 3. The molecule has 0 unspecified atom stereocenters. The first-order valence-corrected chi connectivity index (χ1v) is 7.44. The zero-order valence-electron chi connectivity index (χ0n) is 11.8. The van der Waals surface area contributed by atoms with E-state index in [9.17, 15) is 9.59 Å². The van der Waals surface area contributed by atoms with Crippen LogP contribution in [-0.2, 0) is 4.74 Å². The number of carbonyl (C=O) groups is 1. The van der Waals surface area contributed by atoms with E-state index in [1.54, 1.807) is 24.3 Å². The summed E-state index contributed by atoms with van der Waals surface area (Å²) in [7, 11) is 0. The minimum Gasteiger partial charge on any atom is -0.460 e. The second-order valence-corrected chi connectivity index (χ2v) is 5.57. The molecule has 0 amide bonds. The van der Waals surface area contributed by atoms with Crippen molar-refractivity contribution in [2.45, 2.75) is 32.1 Å². The fraction of sp³-hybridized carbons (Fsp3) is 0.412. The zero-order chi connectivity index (χ0) is 14.7. The second-order valence-electron chi connectivity index (χ2n) is 5.57. The Labute approximate surface area is 122 Å². The molecular formula is C17H18O4. The van der Waals surface area contributed by atoms with Crippen molar-refractivity contribution in [2.24, 2.45) is 5.92 Å². The molecule has 3 rings (SSSR count). The molecule has 0 N–H and O–H groups in total. The van der Waals surface area contributed by atoms with Gasteiger partial charge in [-0.05, 0) is 30.9 Å². The summed E-state index contributed by atoms with van der Waals surface area (Å²) in [4.78, 5) is 24.0. The lowest BCUT2D eigenvalue weighted by molar-refractivity contribution is 0.0375. The van der Waals surface area contributed by atoms with E-state index < -0.39 is 5.97 Å². The number of esters is 1. The number of para-hydroxylation sites is 1. The fourth-order valence-electron chi connectivity index (χ4n) is 2.82. The first-order valence-electron chi connectivity index (χ1n) is 7.44. The Morgan fingerprint density at radius 1 is 1.19 bits per heavy atom. The van der Waals surface area contributed by atoms with Gasteiger partial charge in [-0.25, -0.2) is 4.79 Å². The normalized spacial score (nSPS) is 16.0. The molecule has 1 aromatic carbocycles. The van der Waals surface area contributed by atoms with E-state index >= 15 is 0 Å². The summed E-state index contributed by atoms with van der Waals surface area (Å²) in [6.07, 6.45) is 5.88. The highest BCUT2D eigenvalue weighted by Gasteiger charge is 2.18. The molecule has 1 saturated carbocycles. The zero-order valence-corrected chi connectivity index (χ0v) is 11.8. The van der Waals surface area contributed by atoms with Gasteiger partial charge in [0.05, 0.1) is 12.0 Å². The molecule has 1 heterocycles. The van der Waals surface area contributed by atoms with Crippen molar-refractivity contribution in [2.75, 3.05) is 6.61 Å². The highest BCUT2D eigenvalue weighted by atomic mass is 16.5. The van der Waals surface area contributed by atoms with E-state index in [1.807, 2.05) is 0 Å². The topological polar surface area (TPSA) is 56.5 Å². The Bertz CT molecular complexity index is 695. The molecule has 4 heteroatoms. The van der Waals surface area contributed by atoms with E-state index in [0.717, 1.165) is 12.8 Å². The summed E-state index contributed by atoms with van der Waals surface area (Å²) in [5.41, 5.74) is 0.191. The van der Waals surface area contributed by atoms with Gasteiger partial charge >= 0.3 is 5.97 Å². The quantitative estimate of drug-likeness (QED) is 0.810. The van der Waals surface area contributed by atoms with Gasteiger partial charge in [0.2, 0.25) is 5.76 Å². The molecule has 1 aliphatic rings. The minimum atomic E-state index is -0.552.